The molecule has 122 valence electrons. The molecule has 22 heavy (non-hydrogen) atoms. The van der Waals surface area contributed by atoms with Crippen molar-refractivity contribution < 1.29 is 19.0 Å². The number of nitrogens with zero attached hydrogens (tertiary/aromatic N) is 1. The van der Waals surface area contributed by atoms with Gasteiger partial charge in [0.25, 0.3) is 0 Å². The van der Waals surface area contributed by atoms with Crippen molar-refractivity contribution in [2.75, 3.05) is 26.4 Å². The van der Waals surface area contributed by atoms with Crippen LogP contribution in [-0.2, 0) is 4.74 Å². The largest absolute Gasteiger partial charge is 0.494 e. The van der Waals surface area contributed by atoms with Gasteiger partial charge in [-0.3, -0.25) is 0 Å². The standard InChI is InChI=1S/C16H24N2O4/c1-4-20-14-5-7-15(8-6-14)21-11-17-16(19)18-9-12(2)22-13(3)10-18/h5-8,12-13H,4,9-11H2,1-3H3,(H,17,19). The first-order valence-electron chi connectivity index (χ1n) is 7.62. The van der Waals surface area contributed by atoms with Gasteiger partial charge in [-0.05, 0) is 45.0 Å². The molecule has 1 aliphatic heterocycles. The molecule has 6 nitrogen and oxygen atoms in total. The van der Waals surface area contributed by atoms with E-state index in [4.69, 9.17) is 14.2 Å². The van der Waals surface area contributed by atoms with Gasteiger partial charge in [0, 0.05) is 13.1 Å². The SMILES string of the molecule is CCOc1ccc(OCNC(=O)N2CC(C)OC(C)C2)cc1. The quantitative estimate of drug-likeness (QED) is 0.848. The predicted octanol–water partition coefficient (Wildman–Crippen LogP) is 2.24. The number of carbonyl (C=O) groups excluding carboxylic acids is 1. The Morgan fingerprint density at radius 1 is 1.18 bits per heavy atom. The fourth-order valence-corrected chi connectivity index (χ4v) is 2.44. The number of ether oxygens (including phenoxy) is 3. The first kappa shape index (κ1) is 16.4. The lowest BCUT2D eigenvalue weighted by Crippen LogP contribution is -2.52. The van der Waals surface area contributed by atoms with Crippen molar-refractivity contribution in [3.63, 3.8) is 0 Å². The van der Waals surface area contributed by atoms with Crippen LogP contribution in [0.1, 0.15) is 20.8 Å². The molecule has 1 N–H and O–H groups in total. The van der Waals surface area contributed by atoms with E-state index in [-0.39, 0.29) is 25.0 Å². The van der Waals surface area contributed by atoms with E-state index in [0.717, 1.165) is 5.75 Å². The number of amides is 2. The molecule has 1 heterocycles. The molecule has 0 saturated carbocycles. The van der Waals surface area contributed by atoms with Crippen LogP contribution in [0.3, 0.4) is 0 Å². The van der Waals surface area contributed by atoms with Gasteiger partial charge < -0.3 is 24.4 Å². The third kappa shape index (κ3) is 4.80. The summed E-state index contributed by atoms with van der Waals surface area (Å²) in [6, 6.07) is 7.18. The molecule has 1 saturated heterocycles. The Balaban J connectivity index is 1.74. The molecule has 0 bridgehead atoms. The molecule has 2 amide bonds. The van der Waals surface area contributed by atoms with Crippen LogP contribution in [0.25, 0.3) is 0 Å². The number of hydrogen-bond donors (Lipinski definition) is 1. The molecule has 0 aromatic heterocycles. The highest BCUT2D eigenvalue weighted by Gasteiger charge is 2.25. The number of carbonyl (C=O) groups is 1. The Bertz CT molecular complexity index is 468. The average molecular weight is 308 g/mol. The first-order valence-corrected chi connectivity index (χ1v) is 7.62. The molecule has 2 unspecified atom stereocenters. The molecule has 1 fully saturated rings. The van der Waals surface area contributed by atoms with E-state index in [9.17, 15) is 4.79 Å². The Kier molecular flexibility index (Phi) is 5.89. The molecule has 0 spiro atoms. The molecule has 1 aliphatic rings. The summed E-state index contributed by atoms with van der Waals surface area (Å²) >= 11 is 0. The van der Waals surface area contributed by atoms with Gasteiger partial charge in [0.1, 0.15) is 11.5 Å². The summed E-state index contributed by atoms with van der Waals surface area (Å²) in [5.41, 5.74) is 0. The summed E-state index contributed by atoms with van der Waals surface area (Å²) in [5, 5.41) is 2.76. The van der Waals surface area contributed by atoms with Crippen LogP contribution in [-0.4, -0.2) is 49.6 Å². The average Bonchev–Trinajstić information content (AvgIpc) is 2.48. The molecule has 6 heteroatoms. The zero-order chi connectivity index (χ0) is 15.9. The van der Waals surface area contributed by atoms with E-state index >= 15 is 0 Å². The van der Waals surface area contributed by atoms with Crippen molar-refractivity contribution in [2.24, 2.45) is 0 Å². The lowest BCUT2D eigenvalue weighted by Gasteiger charge is -2.35. The van der Waals surface area contributed by atoms with Crippen LogP contribution in [0.4, 0.5) is 4.79 Å². The van der Waals surface area contributed by atoms with Crippen molar-refractivity contribution in [3.05, 3.63) is 24.3 Å². The fourth-order valence-electron chi connectivity index (χ4n) is 2.44. The maximum atomic E-state index is 12.1. The zero-order valence-electron chi connectivity index (χ0n) is 13.4. The Morgan fingerprint density at radius 3 is 2.27 bits per heavy atom. The van der Waals surface area contributed by atoms with Gasteiger partial charge >= 0.3 is 6.03 Å². The Hall–Kier alpha value is -1.95. The lowest BCUT2D eigenvalue weighted by atomic mass is 10.2. The van der Waals surface area contributed by atoms with Crippen molar-refractivity contribution in [3.8, 4) is 11.5 Å². The predicted molar refractivity (Wildman–Crippen MR) is 83.2 cm³/mol. The number of urea groups is 1. The minimum Gasteiger partial charge on any atom is -0.494 e. The second kappa shape index (κ2) is 7.89. The van der Waals surface area contributed by atoms with Crippen LogP contribution in [0.15, 0.2) is 24.3 Å². The van der Waals surface area contributed by atoms with Crippen molar-refractivity contribution in [1.29, 1.82) is 0 Å². The molecule has 1 aromatic rings. The van der Waals surface area contributed by atoms with E-state index in [1.165, 1.54) is 0 Å². The molecule has 2 rings (SSSR count). The zero-order valence-corrected chi connectivity index (χ0v) is 13.4. The van der Waals surface area contributed by atoms with Crippen LogP contribution in [0.5, 0.6) is 11.5 Å². The number of morpholine rings is 1. The summed E-state index contributed by atoms with van der Waals surface area (Å²) in [6.07, 6.45) is 0.114. The summed E-state index contributed by atoms with van der Waals surface area (Å²) in [4.78, 5) is 13.8. The topological polar surface area (TPSA) is 60.0 Å². The van der Waals surface area contributed by atoms with E-state index in [2.05, 4.69) is 5.32 Å². The van der Waals surface area contributed by atoms with Crippen LogP contribution >= 0.6 is 0 Å². The van der Waals surface area contributed by atoms with Gasteiger partial charge in [0.2, 0.25) is 0 Å². The number of benzene rings is 1. The third-order valence-electron chi connectivity index (χ3n) is 3.30. The minimum absolute atomic E-state index is 0.0570. The number of nitrogens with one attached hydrogen (secondary N) is 1. The molecule has 0 radical (unpaired) electrons. The Labute approximate surface area is 131 Å². The van der Waals surface area contributed by atoms with Gasteiger partial charge in [0.15, 0.2) is 6.73 Å². The first-order chi connectivity index (χ1) is 10.6. The van der Waals surface area contributed by atoms with Gasteiger partial charge in [-0.1, -0.05) is 0 Å². The fraction of sp³-hybridized carbons (Fsp3) is 0.562. The number of hydrogen-bond acceptors (Lipinski definition) is 4. The second-order valence-corrected chi connectivity index (χ2v) is 5.34. The van der Waals surface area contributed by atoms with Crippen LogP contribution in [0.2, 0.25) is 0 Å². The highest BCUT2D eigenvalue weighted by atomic mass is 16.5. The van der Waals surface area contributed by atoms with Crippen LogP contribution < -0.4 is 14.8 Å². The van der Waals surface area contributed by atoms with E-state index in [1.54, 1.807) is 4.90 Å². The summed E-state index contributed by atoms with van der Waals surface area (Å²) in [5.74, 6) is 1.49. The molecule has 0 aliphatic carbocycles. The van der Waals surface area contributed by atoms with E-state index in [1.807, 2.05) is 45.0 Å². The smallest absolute Gasteiger partial charge is 0.320 e. The van der Waals surface area contributed by atoms with E-state index < -0.39 is 0 Å². The van der Waals surface area contributed by atoms with Crippen molar-refractivity contribution >= 4 is 6.03 Å². The molecular weight excluding hydrogens is 284 g/mol. The second-order valence-electron chi connectivity index (χ2n) is 5.34. The summed E-state index contributed by atoms with van der Waals surface area (Å²) in [6.45, 7) is 7.82. The summed E-state index contributed by atoms with van der Waals surface area (Å²) in [7, 11) is 0. The van der Waals surface area contributed by atoms with Crippen LogP contribution in [0, 0.1) is 0 Å². The van der Waals surface area contributed by atoms with Gasteiger partial charge in [-0.25, -0.2) is 4.79 Å². The molecular formula is C16H24N2O4. The summed E-state index contributed by atoms with van der Waals surface area (Å²) < 4.78 is 16.5. The molecule has 2 atom stereocenters. The monoisotopic (exact) mass is 308 g/mol. The highest BCUT2D eigenvalue weighted by molar-refractivity contribution is 5.74. The Morgan fingerprint density at radius 2 is 1.73 bits per heavy atom. The third-order valence-corrected chi connectivity index (χ3v) is 3.30. The van der Waals surface area contributed by atoms with Gasteiger partial charge in [0.05, 0.1) is 18.8 Å². The van der Waals surface area contributed by atoms with Crippen molar-refractivity contribution in [2.45, 2.75) is 33.0 Å². The molecule has 1 aromatic carbocycles. The minimum atomic E-state index is -0.132. The lowest BCUT2D eigenvalue weighted by molar-refractivity contribution is -0.0548. The van der Waals surface area contributed by atoms with E-state index in [0.29, 0.717) is 25.4 Å². The van der Waals surface area contributed by atoms with Gasteiger partial charge in [-0.15, -0.1) is 0 Å². The maximum Gasteiger partial charge on any atom is 0.320 e. The maximum absolute atomic E-state index is 12.1. The number of rotatable bonds is 5. The van der Waals surface area contributed by atoms with Crippen molar-refractivity contribution in [1.82, 2.24) is 10.2 Å². The highest BCUT2D eigenvalue weighted by Crippen LogP contribution is 2.17. The normalized spacial score (nSPS) is 21.3. The van der Waals surface area contributed by atoms with Gasteiger partial charge in [-0.2, -0.15) is 0 Å².